The maximum atomic E-state index is 9.65. The normalized spacial score (nSPS) is 11.0. The summed E-state index contributed by atoms with van der Waals surface area (Å²) in [6.45, 7) is 6.03. The smallest absolute Gasteiger partial charge is 0.294 e. The monoisotopic (exact) mass is 149 g/mol. The topological polar surface area (TPSA) is 52.4 Å². The van der Waals surface area contributed by atoms with Gasteiger partial charge in [0.25, 0.3) is 5.09 Å². The van der Waals surface area contributed by atoms with Crippen molar-refractivity contribution in [2.24, 2.45) is 0 Å². The van der Waals surface area contributed by atoms with Crippen LogP contribution in [0.2, 0.25) is 19.6 Å². The molecule has 9 heavy (non-hydrogen) atoms. The van der Waals surface area contributed by atoms with Gasteiger partial charge in [0, 0.05) is 0 Å². The molecule has 0 aliphatic rings. The summed E-state index contributed by atoms with van der Waals surface area (Å²) in [6.07, 6.45) is 0.292. The lowest BCUT2D eigenvalue weighted by atomic mass is 11.6. The van der Waals surface area contributed by atoms with Crippen LogP contribution in [-0.2, 0) is 4.84 Å². The first-order valence-corrected chi connectivity index (χ1v) is 6.40. The Balaban J connectivity index is 3.39. The van der Waals surface area contributed by atoms with Crippen molar-refractivity contribution < 1.29 is 9.92 Å². The van der Waals surface area contributed by atoms with Gasteiger partial charge in [0.2, 0.25) is 0 Å². The van der Waals surface area contributed by atoms with Crippen molar-refractivity contribution in [3.8, 4) is 0 Å². The summed E-state index contributed by atoms with van der Waals surface area (Å²) in [5, 5.41) is 8.91. The zero-order valence-electron chi connectivity index (χ0n) is 5.88. The minimum absolute atomic E-state index is 0.292. The quantitative estimate of drug-likeness (QED) is 0.342. The van der Waals surface area contributed by atoms with Crippen LogP contribution in [0.3, 0.4) is 0 Å². The van der Waals surface area contributed by atoms with E-state index in [1.165, 1.54) is 0 Å². The van der Waals surface area contributed by atoms with Gasteiger partial charge in [-0.3, -0.25) is 0 Å². The lowest BCUT2D eigenvalue weighted by Gasteiger charge is -2.12. The van der Waals surface area contributed by atoms with E-state index in [-0.39, 0.29) is 0 Å². The van der Waals surface area contributed by atoms with Crippen LogP contribution in [0.1, 0.15) is 0 Å². The van der Waals surface area contributed by atoms with E-state index in [1.54, 1.807) is 0 Å². The average Bonchev–Trinajstić information content (AvgIpc) is 1.59. The number of hydrogen-bond acceptors (Lipinski definition) is 3. The van der Waals surface area contributed by atoms with E-state index >= 15 is 0 Å². The summed E-state index contributed by atoms with van der Waals surface area (Å²) in [5.41, 5.74) is 0. The predicted octanol–water partition coefficient (Wildman–Crippen LogP) is 1.07. The van der Waals surface area contributed by atoms with Gasteiger partial charge in [0.05, 0.1) is 14.3 Å². The van der Waals surface area contributed by atoms with Gasteiger partial charge in [0.1, 0.15) is 0 Å². The van der Waals surface area contributed by atoms with Crippen LogP contribution in [0.4, 0.5) is 0 Å². The molecule has 0 saturated heterocycles. The Bertz CT molecular complexity index is 109. The largest absolute Gasteiger partial charge is 0.317 e. The van der Waals surface area contributed by atoms with Crippen molar-refractivity contribution >= 4 is 8.07 Å². The van der Waals surface area contributed by atoms with E-state index in [4.69, 9.17) is 0 Å². The summed E-state index contributed by atoms with van der Waals surface area (Å²) in [7, 11) is -1.38. The SMILES string of the molecule is C[Si](C)(C)CO[N+](=O)[O-]. The minimum atomic E-state index is -1.38. The van der Waals surface area contributed by atoms with Crippen molar-refractivity contribution in [1.82, 2.24) is 0 Å². The molecule has 0 unspecified atom stereocenters. The molecule has 4 nitrogen and oxygen atoms in total. The predicted molar refractivity (Wildman–Crippen MR) is 36.3 cm³/mol. The zero-order valence-corrected chi connectivity index (χ0v) is 6.88. The van der Waals surface area contributed by atoms with Crippen LogP contribution >= 0.6 is 0 Å². The van der Waals surface area contributed by atoms with Gasteiger partial charge in [-0.2, -0.15) is 0 Å². The van der Waals surface area contributed by atoms with Crippen LogP contribution in [0.5, 0.6) is 0 Å². The first-order chi connectivity index (χ1) is 3.92. The summed E-state index contributed by atoms with van der Waals surface area (Å²) in [4.78, 5) is 13.8. The summed E-state index contributed by atoms with van der Waals surface area (Å²) in [6, 6.07) is 0. The zero-order chi connectivity index (χ0) is 7.49. The van der Waals surface area contributed by atoms with E-state index in [9.17, 15) is 10.1 Å². The molecule has 0 rings (SSSR count). The van der Waals surface area contributed by atoms with Gasteiger partial charge < -0.3 is 4.84 Å². The highest BCUT2D eigenvalue weighted by Crippen LogP contribution is 1.99. The first kappa shape index (κ1) is 8.42. The van der Waals surface area contributed by atoms with Crippen LogP contribution in [0.25, 0.3) is 0 Å². The molecule has 0 N–H and O–H groups in total. The summed E-state index contributed by atoms with van der Waals surface area (Å²) < 4.78 is 0. The second-order valence-electron chi connectivity index (χ2n) is 3.06. The van der Waals surface area contributed by atoms with Crippen molar-refractivity contribution in [3.63, 3.8) is 0 Å². The maximum Gasteiger partial charge on any atom is 0.294 e. The number of rotatable bonds is 3. The second-order valence-corrected chi connectivity index (χ2v) is 8.47. The highest BCUT2D eigenvalue weighted by Gasteiger charge is 2.14. The Morgan fingerprint density at radius 1 is 1.56 bits per heavy atom. The fourth-order valence-electron chi connectivity index (χ4n) is 0.246. The third kappa shape index (κ3) is 7.42. The van der Waals surface area contributed by atoms with Gasteiger partial charge in [-0.15, -0.1) is 10.1 Å². The third-order valence-electron chi connectivity index (χ3n) is 0.603. The molecular weight excluding hydrogens is 138 g/mol. The molecule has 5 heteroatoms. The van der Waals surface area contributed by atoms with Gasteiger partial charge >= 0.3 is 0 Å². The van der Waals surface area contributed by atoms with E-state index < -0.39 is 13.2 Å². The molecule has 0 aromatic carbocycles. The van der Waals surface area contributed by atoms with Crippen molar-refractivity contribution in [2.45, 2.75) is 19.6 Å². The Morgan fingerprint density at radius 2 is 2.00 bits per heavy atom. The molecule has 54 valence electrons. The lowest BCUT2D eigenvalue weighted by Crippen LogP contribution is -2.29. The number of hydrogen-bond donors (Lipinski definition) is 0. The molecule has 0 fully saturated rings. The Kier molecular flexibility index (Phi) is 2.63. The minimum Gasteiger partial charge on any atom is -0.317 e. The third-order valence-corrected chi connectivity index (χ3v) is 1.60. The van der Waals surface area contributed by atoms with Crippen LogP contribution in [0, 0.1) is 10.1 Å². The van der Waals surface area contributed by atoms with E-state index in [0.717, 1.165) is 0 Å². The van der Waals surface area contributed by atoms with Gasteiger partial charge in [-0.05, 0) is 0 Å². The Morgan fingerprint density at radius 3 is 2.11 bits per heavy atom. The van der Waals surface area contributed by atoms with Crippen molar-refractivity contribution in [1.29, 1.82) is 0 Å². The fourth-order valence-corrected chi connectivity index (χ4v) is 0.739. The molecule has 0 spiro atoms. The molecular formula is C4H11NO3Si. The molecule has 0 aliphatic carbocycles. The molecule has 0 radical (unpaired) electrons. The van der Waals surface area contributed by atoms with Gasteiger partial charge in [-0.1, -0.05) is 19.6 Å². The first-order valence-electron chi connectivity index (χ1n) is 2.69. The van der Waals surface area contributed by atoms with Crippen LogP contribution in [-0.4, -0.2) is 19.4 Å². The highest BCUT2D eigenvalue weighted by atomic mass is 28.3. The Hall–Kier alpha value is -0.583. The molecule has 0 saturated carbocycles. The molecule has 0 aromatic heterocycles. The second kappa shape index (κ2) is 2.81. The molecule has 0 atom stereocenters. The van der Waals surface area contributed by atoms with E-state index in [1.807, 2.05) is 19.6 Å². The van der Waals surface area contributed by atoms with E-state index in [0.29, 0.717) is 6.23 Å². The average molecular weight is 149 g/mol. The molecule has 0 bridgehead atoms. The van der Waals surface area contributed by atoms with E-state index in [2.05, 4.69) is 4.84 Å². The van der Waals surface area contributed by atoms with Gasteiger partial charge in [-0.25, -0.2) is 0 Å². The van der Waals surface area contributed by atoms with Crippen LogP contribution in [0.15, 0.2) is 0 Å². The molecule has 0 aromatic rings. The van der Waals surface area contributed by atoms with Gasteiger partial charge in [0.15, 0.2) is 0 Å². The Labute approximate surface area is 54.9 Å². The highest BCUT2D eigenvalue weighted by molar-refractivity contribution is 6.76. The van der Waals surface area contributed by atoms with Crippen LogP contribution < -0.4 is 0 Å². The summed E-state index contributed by atoms with van der Waals surface area (Å²) >= 11 is 0. The maximum absolute atomic E-state index is 9.65. The summed E-state index contributed by atoms with van der Waals surface area (Å²) in [5.74, 6) is 0. The fraction of sp³-hybridized carbons (Fsp3) is 1.00. The lowest BCUT2D eigenvalue weighted by molar-refractivity contribution is -0.753. The number of nitrogens with zero attached hydrogens (tertiary/aromatic N) is 1. The molecule has 0 aliphatic heterocycles. The molecule has 0 amide bonds. The van der Waals surface area contributed by atoms with Crippen molar-refractivity contribution in [2.75, 3.05) is 6.23 Å². The molecule has 0 heterocycles. The van der Waals surface area contributed by atoms with Crippen molar-refractivity contribution in [3.05, 3.63) is 10.1 Å². The standard InChI is InChI=1S/C4H11NO3Si/c1-9(2,3)4-8-5(6)7/h4H2,1-3H3.